The number of hydrogen-bond donors (Lipinski definition) is 3. The predicted molar refractivity (Wildman–Crippen MR) is 54.4 cm³/mol. The molecule has 3 heteroatoms. The van der Waals surface area contributed by atoms with Crippen molar-refractivity contribution < 1.29 is 10.2 Å². The Balaban J connectivity index is 1.72. The SMILES string of the molecule is OC(N[C@@H](O)C1CC1)C1CCCCC1. The second kappa shape index (κ2) is 4.60. The Morgan fingerprint density at radius 2 is 1.29 bits per heavy atom. The Labute approximate surface area is 85.5 Å². The Kier molecular flexibility index (Phi) is 3.42. The molecule has 0 bridgehead atoms. The van der Waals surface area contributed by atoms with E-state index in [4.69, 9.17) is 0 Å². The fraction of sp³-hybridized carbons (Fsp3) is 1.00. The molecule has 0 amide bonds. The van der Waals surface area contributed by atoms with Crippen LogP contribution in [0.5, 0.6) is 0 Å². The van der Waals surface area contributed by atoms with E-state index in [-0.39, 0.29) is 0 Å². The number of nitrogens with one attached hydrogen (secondary N) is 1. The zero-order valence-electron chi connectivity index (χ0n) is 8.65. The lowest BCUT2D eigenvalue weighted by molar-refractivity contribution is -0.0102. The van der Waals surface area contributed by atoms with Gasteiger partial charge in [-0.3, -0.25) is 5.32 Å². The minimum absolute atomic E-state index is 0.358. The average molecular weight is 199 g/mol. The molecule has 14 heavy (non-hydrogen) atoms. The van der Waals surface area contributed by atoms with Crippen molar-refractivity contribution in [1.29, 1.82) is 0 Å². The van der Waals surface area contributed by atoms with E-state index in [0.717, 1.165) is 25.7 Å². The van der Waals surface area contributed by atoms with Crippen molar-refractivity contribution in [2.24, 2.45) is 11.8 Å². The second-order valence-corrected chi connectivity index (χ2v) is 4.79. The Bertz CT molecular complexity index is 176. The summed E-state index contributed by atoms with van der Waals surface area (Å²) in [6.45, 7) is 0. The Morgan fingerprint density at radius 1 is 0.786 bits per heavy atom. The first-order valence-corrected chi connectivity index (χ1v) is 5.89. The van der Waals surface area contributed by atoms with E-state index < -0.39 is 12.5 Å². The fourth-order valence-electron chi connectivity index (χ4n) is 2.31. The lowest BCUT2D eigenvalue weighted by Crippen LogP contribution is -2.44. The van der Waals surface area contributed by atoms with Crippen LogP contribution in [0.15, 0.2) is 0 Å². The zero-order chi connectivity index (χ0) is 9.97. The Morgan fingerprint density at radius 3 is 1.79 bits per heavy atom. The molecule has 0 heterocycles. The van der Waals surface area contributed by atoms with Gasteiger partial charge < -0.3 is 10.2 Å². The van der Waals surface area contributed by atoms with Crippen LogP contribution in [0.2, 0.25) is 0 Å². The van der Waals surface area contributed by atoms with Gasteiger partial charge in [0.15, 0.2) is 0 Å². The summed E-state index contributed by atoms with van der Waals surface area (Å²) in [5.41, 5.74) is 0. The molecule has 0 aromatic rings. The van der Waals surface area contributed by atoms with Crippen molar-refractivity contribution in [3.63, 3.8) is 0 Å². The summed E-state index contributed by atoms with van der Waals surface area (Å²) in [5, 5.41) is 22.4. The lowest BCUT2D eigenvalue weighted by atomic mass is 9.88. The van der Waals surface area contributed by atoms with Crippen LogP contribution in [-0.4, -0.2) is 22.7 Å². The molecule has 0 spiro atoms. The van der Waals surface area contributed by atoms with Crippen molar-refractivity contribution in [3.05, 3.63) is 0 Å². The summed E-state index contributed by atoms with van der Waals surface area (Å²) < 4.78 is 0. The first kappa shape index (κ1) is 10.4. The highest BCUT2D eigenvalue weighted by Crippen LogP contribution is 2.32. The summed E-state index contributed by atoms with van der Waals surface area (Å²) in [7, 11) is 0. The normalized spacial score (nSPS) is 28.7. The summed E-state index contributed by atoms with van der Waals surface area (Å²) in [5.74, 6) is 0.755. The highest BCUT2D eigenvalue weighted by atomic mass is 16.3. The fourth-order valence-corrected chi connectivity index (χ4v) is 2.31. The molecule has 2 aliphatic rings. The smallest absolute Gasteiger partial charge is 0.109 e. The Hall–Kier alpha value is -0.120. The topological polar surface area (TPSA) is 52.5 Å². The molecule has 3 nitrogen and oxygen atoms in total. The molecule has 2 saturated carbocycles. The molecular weight excluding hydrogens is 178 g/mol. The van der Waals surface area contributed by atoms with Crippen molar-refractivity contribution in [2.75, 3.05) is 0 Å². The van der Waals surface area contributed by atoms with Gasteiger partial charge in [0.2, 0.25) is 0 Å². The largest absolute Gasteiger partial charge is 0.378 e. The molecule has 0 aromatic heterocycles. The monoisotopic (exact) mass is 199 g/mol. The molecular formula is C11H21NO2. The number of rotatable bonds is 4. The molecule has 0 radical (unpaired) electrons. The molecule has 0 aromatic carbocycles. The highest BCUT2D eigenvalue weighted by molar-refractivity contribution is 4.81. The van der Waals surface area contributed by atoms with E-state index in [1.807, 2.05) is 0 Å². The third-order valence-electron chi connectivity index (χ3n) is 3.51. The van der Waals surface area contributed by atoms with Gasteiger partial charge in [0.05, 0.1) is 0 Å². The predicted octanol–water partition coefficient (Wildman–Crippen LogP) is 1.20. The van der Waals surface area contributed by atoms with Crippen LogP contribution < -0.4 is 5.32 Å². The van der Waals surface area contributed by atoms with E-state index in [2.05, 4.69) is 5.32 Å². The molecule has 82 valence electrons. The van der Waals surface area contributed by atoms with Crippen LogP contribution in [0, 0.1) is 11.8 Å². The number of hydrogen-bond acceptors (Lipinski definition) is 3. The third kappa shape index (κ3) is 2.69. The van der Waals surface area contributed by atoms with Gasteiger partial charge in [-0.1, -0.05) is 19.3 Å². The minimum atomic E-state index is -0.495. The van der Waals surface area contributed by atoms with E-state index in [0.29, 0.717) is 11.8 Å². The van der Waals surface area contributed by atoms with Crippen molar-refractivity contribution in [3.8, 4) is 0 Å². The van der Waals surface area contributed by atoms with Crippen LogP contribution in [0.3, 0.4) is 0 Å². The number of aliphatic hydroxyl groups excluding tert-OH is 2. The first-order valence-electron chi connectivity index (χ1n) is 5.89. The van der Waals surface area contributed by atoms with E-state index >= 15 is 0 Å². The highest BCUT2D eigenvalue weighted by Gasteiger charge is 2.32. The lowest BCUT2D eigenvalue weighted by Gasteiger charge is -2.28. The molecule has 0 aliphatic heterocycles. The second-order valence-electron chi connectivity index (χ2n) is 4.79. The van der Waals surface area contributed by atoms with Crippen LogP contribution in [0.4, 0.5) is 0 Å². The summed E-state index contributed by atoms with van der Waals surface area (Å²) in [6, 6.07) is 0. The maximum atomic E-state index is 9.85. The number of aliphatic hydroxyl groups is 2. The minimum Gasteiger partial charge on any atom is -0.378 e. The van der Waals surface area contributed by atoms with Crippen LogP contribution in [-0.2, 0) is 0 Å². The molecule has 2 aliphatic carbocycles. The molecule has 2 atom stereocenters. The van der Waals surface area contributed by atoms with Gasteiger partial charge >= 0.3 is 0 Å². The van der Waals surface area contributed by atoms with E-state index in [1.54, 1.807) is 0 Å². The van der Waals surface area contributed by atoms with Gasteiger partial charge in [-0.2, -0.15) is 0 Å². The first-order chi connectivity index (χ1) is 6.77. The van der Waals surface area contributed by atoms with Crippen LogP contribution in [0.25, 0.3) is 0 Å². The van der Waals surface area contributed by atoms with Gasteiger partial charge in [-0.25, -0.2) is 0 Å². The third-order valence-corrected chi connectivity index (χ3v) is 3.51. The quantitative estimate of drug-likeness (QED) is 0.596. The molecule has 0 saturated heterocycles. The average Bonchev–Trinajstić information content (AvgIpc) is 3.02. The van der Waals surface area contributed by atoms with Crippen LogP contribution >= 0.6 is 0 Å². The van der Waals surface area contributed by atoms with E-state index in [9.17, 15) is 10.2 Å². The van der Waals surface area contributed by atoms with Gasteiger partial charge in [-0.05, 0) is 37.5 Å². The molecule has 2 fully saturated rings. The zero-order valence-corrected chi connectivity index (χ0v) is 8.65. The standard InChI is InChI=1S/C11H21NO2/c13-10(8-4-2-1-3-5-8)12-11(14)9-6-7-9/h8-14H,1-7H2/t10?,11-/m0/s1. The summed E-state index contributed by atoms with van der Waals surface area (Å²) >= 11 is 0. The molecule has 2 rings (SSSR count). The van der Waals surface area contributed by atoms with Crippen molar-refractivity contribution >= 4 is 0 Å². The van der Waals surface area contributed by atoms with Gasteiger partial charge in [0.1, 0.15) is 12.5 Å². The van der Waals surface area contributed by atoms with Gasteiger partial charge in [0.25, 0.3) is 0 Å². The molecule has 3 N–H and O–H groups in total. The van der Waals surface area contributed by atoms with Crippen molar-refractivity contribution in [1.82, 2.24) is 5.32 Å². The summed E-state index contributed by atoms with van der Waals surface area (Å²) in [4.78, 5) is 0. The summed E-state index contributed by atoms with van der Waals surface area (Å²) in [6.07, 6.45) is 7.19. The van der Waals surface area contributed by atoms with Gasteiger partial charge in [0, 0.05) is 0 Å². The van der Waals surface area contributed by atoms with E-state index in [1.165, 1.54) is 19.3 Å². The van der Waals surface area contributed by atoms with Gasteiger partial charge in [-0.15, -0.1) is 0 Å². The molecule has 1 unspecified atom stereocenters. The maximum absolute atomic E-state index is 9.85. The maximum Gasteiger partial charge on any atom is 0.109 e. The van der Waals surface area contributed by atoms with Crippen LogP contribution in [0.1, 0.15) is 44.9 Å². The van der Waals surface area contributed by atoms with Crippen molar-refractivity contribution in [2.45, 2.75) is 57.4 Å².